The second-order valence-electron chi connectivity index (χ2n) is 8.13. The molecule has 3 rings (SSSR count). The lowest BCUT2D eigenvalue weighted by Gasteiger charge is -2.42. The summed E-state index contributed by atoms with van der Waals surface area (Å²) in [6.07, 6.45) is -4.95. The molecule has 0 bridgehead atoms. The van der Waals surface area contributed by atoms with Crippen molar-refractivity contribution in [1.82, 2.24) is 4.90 Å². The maximum atomic E-state index is 12.1. The van der Waals surface area contributed by atoms with E-state index in [9.17, 15) is 18.0 Å². The van der Waals surface area contributed by atoms with Gasteiger partial charge in [0.25, 0.3) is 0 Å². The van der Waals surface area contributed by atoms with Crippen LogP contribution in [0.3, 0.4) is 0 Å². The average Bonchev–Trinajstić information content (AvgIpc) is 2.42. The summed E-state index contributed by atoms with van der Waals surface area (Å²) in [6, 6.07) is 7.95. The number of hydrogen-bond donors (Lipinski definition) is 0. The highest BCUT2D eigenvalue weighted by molar-refractivity contribution is 5.69. The van der Waals surface area contributed by atoms with Crippen molar-refractivity contribution in [3.8, 4) is 0 Å². The highest BCUT2D eigenvalue weighted by atomic mass is 19.4. The van der Waals surface area contributed by atoms with Crippen molar-refractivity contribution in [2.45, 2.75) is 44.6 Å². The number of hydrogen-bond acceptors (Lipinski definition) is 4. The number of likely N-dealkylation sites (tertiary alicyclic amines) is 1. The van der Waals surface area contributed by atoms with E-state index < -0.39 is 18.4 Å². The van der Waals surface area contributed by atoms with E-state index in [0.29, 0.717) is 26.2 Å². The van der Waals surface area contributed by atoms with Gasteiger partial charge in [-0.1, -0.05) is 12.1 Å². The van der Waals surface area contributed by atoms with Crippen LogP contribution in [0.15, 0.2) is 24.3 Å². The van der Waals surface area contributed by atoms with Gasteiger partial charge in [0.1, 0.15) is 12.2 Å². The number of benzene rings is 1. The quantitative estimate of drug-likeness (QED) is 0.790. The molecular formula is C19H25F3N2O3. The molecule has 2 aliphatic rings. The Balaban J connectivity index is 1.43. The summed E-state index contributed by atoms with van der Waals surface area (Å²) >= 11 is 0. The van der Waals surface area contributed by atoms with Gasteiger partial charge in [0.15, 0.2) is 0 Å². The van der Waals surface area contributed by atoms with Crippen molar-refractivity contribution in [3.05, 3.63) is 29.8 Å². The average molecular weight is 386 g/mol. The van der Waals surface area contributed by atoms with Gasteiger partial charge in [-0.2, -0.15) is 13.2 Å². The van der Waals surface area contributed by atoms with Crippen molar-refractivity contribution in [2.75, 3.05) is 37.7 Å². The fourth-order valence-electron chi connectivity index (χ4n) is 3.09. The van der Waals surface area contributed by atoms with Gasteiger partial charge in [0, 0.05) is 37.8 Å². The third-order valence-electron chi connectivity index (χ3n) is 4.59. The molecule has 2 heterocycles. The van der Waals surface area contributed by atoms with Crippen molar-refractivity contribution >= 4 is 11.8 Å². The Labute approximate surface area is 157 Å². The number of nitrogens with zero attached hydrogens (tertiary/aromatic N) is 2. The van der Waals surface area contributed by atoms with E-state index >= 15 is 0 Å². The number of anilines is 1. The van der Waals surface area contributed by atoms with Gasteiger partial charge in [-0.25, -0.2) is 4.79 Å². The van der Waals surface area contributed by atoms with E-state index in [1.165, 1.54) is 0 Å². The number of ether oxygens (including phenoxy) is 2. The number of halogens is 3. The van der Waals surface area contributed by atoms with E-state index in [0.717, 1.165) is 11.3 Å². The molecule has 1 amide bonds. The monoisotopic (exact) mass is 386 g/mol. The molecule has 2 fully saturated rings. The molecule has 2 aliphatic heterocycles. The lowest BCUT2D eigenvalue weighted by Crippen LogP contribution is -2.53. The van der Waals surface area contributed by atoms with Crippen LogP contribution in [0, 0.1) is 0 Å². The molecule has 0 radical (unpaired) electrons. The number of carbonyl (C=O) groups excluding carboxylic acids is 1. The molecule has 150 valence electrons. The summed E-state index contributed by atoms with van der Waals surface area (Å²) in [5.74, 6) is 0.283. The molecule has 27 heavy (non-hydrogen) atoms. The van der Waals surface area contributed by atoms with Gasteiger partial charge in [-0.05, 0) is 38.5 Å². The first-order valence-electron chi connectivity index (χ1n) is 9.01. The third kappa shape index (κ3) is 5.28. The Hall–Kier alpha value is -1.96. The predicted molar refractivity (Wildman–Crippen MR) is 95.0 cm³/mol. The second-order valence-corrected chi connectivity index (χ2v) is 8.13. The van der Waals surface area contributed by atoms with Crippen LogP contribution in [-0.2, 0) is 9.47 Å². The van der Waals surface area contributed by atoms with Crippen LogP contribution >= 0.6 is 0 Å². The zero-order valence-corrected chi connectivity index (χ0v) is 15.8. The van der Waals surface area contributed by atoms with Crippen LogP contribution in [0.2, 0.25) is 0 Å². The molecule has 0 aromatic heterocycles. The molecule has 8 heteroatoms. The molecule has 0 atom stereocenters. The molecule has 2 saturated heterocycles. The number of alkyl halides is 3. The molecule has 0 spiro atoms. The third-order valence-corrected chi connectivity index (χ3v) is 4.59. The number of rotatable bonds is 4. The lowest BCUT2D eigenvalue weighted by atomic mass is 9.91. The molecule has 0 aliphatic carbocycles. The Morgan fingerprint density at radius 1 is 1.07 bits per heavy atom. The Morgan fingerprint density at radius 3 is 2.19 bits per heavy atom. The van der Waals surface area contributed by atoms with Crippen molar-refractivity contribution in [3.63, 3.8) is 0 Å². The number of carbonyl (C=O) groups is 1. The fourth-order valence-corrected chi connectivity index (χ4v) is 3.09. The van der Waals surface area contributed by atoms with Crippen LogP contribution in [0.25, 0.3) is 0 Å². The summed E-state index contributed by atoms with van der Waals surface area (Å²) in [6.45, 7) is 6.52. The molecular weight excluding hydrogens is 361 g/mol. The first-order chi connectivity index (χ1) is 12.5. The standard InChI is InChI=1S/C19H25F3N2O3/c1-18(2,3)27-17(25)24-8-14(9-24)13-4-6-15(7-5-13)23-10-16(11-23)26-12-19(20,21)22/h4-7,14,16H,8-12H2,1-3H3. The first-order valence-corrected chi connectivity index (χ1v) is 9.01. The maximum Gasteiger partial charge on any atom is 0.411 e. The van der Waals surface area contributed by atoms with Crippen molar-refractivity contribution in [2.24, 2.45) is 0 Å². The van der Waals surface area contributed by atoms with Gasteiger partial charge in [-0.3, -0.25) is 0 Å². The van der Waals surface area contributed by atoms with E-state index in [1.54, 1.807) is 4.90 Å². The minimum absolute atomic E-state index is 0.283. The first kappa shape index (κ1) is 19.8. The predicted octanol–water partition coefficient (Wildman–Crippen LogP) is 3.79. The van der Waals surface area contributed by atoms with Crippen LogP contribution in [-0.4, -0.2) is 61.7 Å². The number of amides is 1. The van der Waals surface area contributed by atoms with E-state index in [1.807, 2.05) is 49.9 Å². The molecule has 1 aromatic carbocycles. The van der Waals surface area contributed by atoms with E-state index in [2.05, 4.69) is 0 Å². The van der Waals surface area contributed by atoms with Crippen molar-refractivity contribution < 1.29 is 27.4 Å². The smallest absolute Gasteiger partial charge is 0.411 e. The molecule has 0 N–H and O–H groups in total. The Kier molecular flexibility index (Phi) is 5.29. The Bertz CT molecular complexity index is 658. The fraction of sp³-hybridized carbons (Fsp3) is 0.632. The molecule has 0 unspecified atom stereocenters. The zero-order valence-electron chi connectivity index (χ0n) is 15.8. The summed E-state index contributed by atoms with van der Waals surface area (Å²) in [4.78, 5) is 15.6. The van der Waals surface area contributed by atoms with Gasteiger partial charge in [0.2, 0.25) is 0 Å². The largest absolute Gasteiger partial charge is 0.444 e. The van der Waals surface area contributed by atoms with Crippen LogP contribution in [0.4, 0.5) is 23.7 Å². The molecule has 0 saturated carbocycles. The summed E-state index contributed by atoms with van der Waals surface area (Å²) in [5, 5.41) is 0. The molecule has 1 aromatic rings. The maximum absolute atomic E-state index is 12.1. The van der Waals surface area contributed by atoms with Gasteiger partial charge < -0.3 is 19.3 Å². The minimum Gasteiger partial charge on any atom is -0.444 e. The molecule has 5 nitrogen and oxygen atoms in total. The normalized spacial score (nSPS) is 18.9. The summed E-state index contributed by atoms with van der Waals surface area (Å²) < 4.78 is 46.6. The second kappa shape index (κ2) is 7.22. The SMILES string of the molecule is CC(C)(C)OC(=O)N1CC(c2ccc(N3CC(OCC(F)(F)F)C3)cc2)C1. The summed E-state index contributed by atoms with van der Waals surface area (Å²) in [7, 11) is 0. The highest BCUT2D eigenvalue weighted by Gasteiger charge is 2.36. The minimum atomic E-state index is -4.28. The lowest BCUT2D eigenvalue weighted by molar-refractivity contribution is -0.187. The van der Waals surface area contributed by atoms with Crippen LogP contribution in [0.1, 0.15) is 32.3 Å². The summed E-state index contributed by atoms with van der Waals surface area (Å²) in [5.41, 5.74) is 1.61. The van der Waals surface area contributed by atoms with Gasteiger partial charge in [0.05, 0.1) is 6.10 Å². The van der Waals surface area contributed by atoms with Gasteiger partial charge in [-0.15, -0.1) is 0 Å². The van der Waals surface area contributed by atoms with E-state index in [-0.39, 0.29) is 18.1 Å². The van der Waals surface area contributed by atoms with Crippen LogP contribution < -0.4 is 4.90 Å². The van der Waals surface area contributed by atoms with Crippen molar-refractivity contribution in [1.29, 1.82) is 0 Å². The van der Waals surface area contributed by atoms with Crippen LogP contribution in [0.5, 0.6) is 0 Å². The Morgan fingerprint density at radius 2 is 1.67 bits per heavy atom. The topological polar surface area (TPSA) is 42.0 Å². The van der Waals surface area contributed by atoms with E-state index in [4.69, 9.17) is 9.47 Å². The highest BCUT2D eigenvalue weighted by Crippen LogP contribution is 2.31. The van der Waals surface area contributed by atoms with Gasteiger partial charge >= 0.3 is 12.3 Å². The zero-order chi connectivity index (χ0) is 19.8.